The molecule has 1 aromatic heterocycles. The van der Waals surface area contributed by atoms with E-state index in [0.29, 0.717) is 12.1 Å². The van der Waals surface area contributed by atoms with E-state index in [1.54, 1.807) is 6.92 Å². The van der Waals surface area contributed by atoms with Crippen molar-refractivity contribution in [1.29, 1.82) is 0 Å². The normalized spacial score (nSPS) is 11.9. The zero-order valence-corrected chi connectivity index (χ0v) is 12.9. The molecule has 0 fully saturated rings. The summed E-state index contributed by atoms with van der Waals surface area (Å²) < 4.78 is 1.58. The molecule has 0 saturated heterocycles. The van der Waals surface area contributed by atoms with Crippen molar-refractivity contribution in [2.75, 3.05) is 5.43 Å². The van der Waals surface area contributed by atoms with Crippen molar-refractivity contribution >= 4 is 12.2 Å². The molecule has 2 N–H and O–H groups in total. The number of benzene rings is 1. The molecule has 0 radical (unpaired) electrons. The monoisotopic (exact) mass is 302 g/mol. The van der Waals surface area contributed by atoms with Crippen LogP contribution >= 0.6 is 12.2 Å². The minimum absolute atomic E-state index is 0.0849. The Bertz CT molecular complexity index is 748. The fraction of sp³-hybridized carbons (Fsp3) is 0.267. The zero-order valence-electron chi connectivity index (χ0n) is 12.1. The van der Waals surface area contributed by atoms with Crippen molar-refractivity contribution in [1.82, 2.24) is 14.9 Å². The smallest absolute Gasteiger partial charge is 0.294 e. The van der Waals surface area contributed by atoms with E-state index in [1.165, 1.54) is 4.68 Å². The minimum atomic E-state index is -0.249. The molecule has 6 heteroatoms. The SMILES string of the molecule is C=C(C)CC(Nn1c(=S)[nH]nc(C)c1=O)c1ccccc1. The molecule has 1 aromatic carbocycles. The van der Waals surface area contributed by atoms with Gasteiger partial charge >= 0.3 is 0 Å². The van der Waals surface area contributed by atoms with E-state index < -0.39 is 0 Å². The molecule has 0 aliphatic carbocycles. The van der Waals surface area contributed by atoms with Crippen LogP contribution in [0, 0.1) is 11.7 Å². The fourth-order valence-electron chi connectivity index (χ4n) is 2.03. The van der Waals surface area contributed by atoms with Gasteiger partial charge in [-0.3, -0.25) is 9.89 Å². The van der Waals surface area contributed by atoms with E-state index in [2.05, 4.69) is 22.2 Å². The van der Waals surface area contributed by atoms with Gasteiger partial charge in [0.1, 0.15) is 5.69 Å². The Morgan fingerprint density at radius 1 is 1.48 bits per heavy atom. The first-order chi connectivity index (χ1) is 9.99. The van der Waals surface area contributed by atoms with Gasteiger partial charge in [0.25, 0.3) is 5.56 Å². The van der Waals surface area contributed by atoms with Crippen LogP contribution in [-0.4, -0.2) is 14.9 Å². The molecule has 0 aliphatic heterocycles. The van der Waals surface area contributed by atoms with Gasteiger partial charge in [-0.2, -0.15) is 9.77 Å². The van der Waals surface area contributed by atoms with Gasteiger partial charge in [0.15, 0.2) is 0 Å². The standard InChI is InChI=1S/C15H18N4OS/c1-10(2)9-13(12-7-5-4-6-8-12)18-19-14(20)11(3)16-17-15(19)21/h4-8,13,18H,1,9H2,2-3H3,(H,17,21). The second-order valence-electron chi connectivity index (χ2n) is 5.01. The van der Waals surface area contributed by atoms with E-state index in [1.807, 2.05) is 37.3 Å². The van der Waals surface area contributed by atoms with Crippen LogP contribution in [0.4, 0.5) is 0 Å². The van der Waals surface area contributed by atoms with Crippen LogP contribution in [0.15, 0.2) is 47.3 Å². The lowest BCUT2D eigenvalue weighted by molar-refractivity contribution is 0.620. The Kier molecular flexibility index (Phi) is 4.70. The van der Waals surface area contributed by atoms with Crippen LogP contribution in [0.2, 0.25) is 0 Å². The summed E-state index contributed by atoms with van der Waals surface area (Å²) in [7, 11) is 0. The molecule has 2 aromatic rings. The Hall–Kier alpha value is -2.21. The highest BCUT2D eigenvalue weighted by molar-refractivity contribution is 7.71. The van der Waals surface area contributed by atoms with Crippen LogP contribution in [0.25, 0.3) is 0 Å². The lowest BCUT2D eigenvalue weighted by Gasteiger charge is -2.21. The predicted molar refractivity (Wildman–Crippen MR) is 86.4 cm³/mol. The van der Waals surface area contributed by atoms with Crippen molar-refractivity contribution < 1.29 is 0 Å². The summed E-state index contributed by atoms with van der Waals surface area (Å²) >= 11 is 5.14. The largest absolute Gasteiger partial charge is 0.313 e. The number of H-pyrrole nitrogens is 1. The molecule has 2 rings (SSSR count). The van der Waals surface area contributed by atoms with Crippen molar-refractivity contribution in [2.24, 2.45) is 0 Å². The van der Waals surface area contributed by atoms with E-state index >= 15 is 0 Å². The van der Waals surface area contributed by atoms with E-state index in [9.17, 15) is 4.79 Å². The summed E-state index contributed by atoms with van der Waals surface area (Å²) in [6.45, 7) is 7.55. The number of nitrogens with zero attached hydrogens (tertiary/aromatic N) is 2. The number of nitrogens with one attached hydrogen (secondary N) is 2. The number of hydrogen-bond acceptors (Lipinski definition) is 4. The van der Waals surface area contributed by atoms with Crippen LogP contribution in [-0.2, 0) is 0 Å². The first kappa shape index (κ1) is 15.2. The first-order valence-corrected chi connectivity index (χ1v) is 7.04. The Morgan fingerprint density at radius 2 is 2.14 bits per heavy atom. The van der Waals surface area contributed by atoms with Crippen LogP contribution < -0.4 is 11.0 Å². The van der Waals surface area contributed by atoms with E-state index in [4.69, 9.17) is 12.2 Å². The average molecular weight is 302 g/mol. The molecule has 5 nitrogen and oxygen atoms in total. The van der Waals surface area contributed by atoms with E-state index in [-0.39, 0.29) is 16.4 Å². The second-order valence-corrected chi connectivity index (χ2v) is 5.40. The Labute approximate surface area is 128 Å². The predicted octanol–water partition coefficient (Wildman–Crippen LogP) is 2.86. The Balaban J connectivity index is 2.41. The van der Waals surface area contributed by atoms with Gasteiger partial charge < -0.3 is 5.43 Å². The topological polar surface area (TPSA) is 62.7 Å². The summed E-state index contributed by atoms with van der Waals surface area (Å²) in [6.07, 6.45) is 0.701. The highest BCUT2D eigenvalue weighted by Crippen LogP contribution is 2.20. The highest BCUT2D eigenvalue weighted by atomic mass is 32.1. The van der Waals surface area contributed by atoms with Crippen molar-refractivity contribution in [2.45, 2.75) is 26.3 Å². The molecular formula is C15H18N4OS. The van der Waals surface area contributed by atoms with Gasteiger partial charge in [-0.15, -0.1) is 6.58 Å². The van der Waals surface area contributed by atoms with E-state index in [0.717, 1.165) is 11.1 Å². The third-order valence-electron chi connectivity index (χ3n) is 3.07. The van der Waals surface area contributed by atoms with Crippen LogP contribution in [0.3, 0.4) is 0 Å². The van der Waals surface area contributed by atoms with Gasteiger partial charge in [0, 0.05) is 0 Å². The van der Waals surface area contributed by atoms with Gasteiger partial charge in [-0.25, -0.2) is 0 Å². The summed E-state index contributed by atoms with van der Waals surface area (Å²) in [5, 5.41) is 6.52. The van der Waals surface area contributed by atoms with Gasteiger partial charge in [-0.1, -0.05) is 35.9 Å². The quantitative estimate of drug-likeness (QED) is 0.658. The van der Waals surface area contributed by atoms with Crippen molar-refractivity contribution in [3.63, 3.8) is 0 Å². The van der Waals surface area contributed by atoms with Gasteiger partial charge in [0.2, 0.25) is 4.77 Å². The molecule has 0 amide bonds. The van der Waals surface area contributed by atoms with Crippen molar-refractivity contribution in [3.05, 3.63) is 68.9 Å². The summed E-state index contributed by atoms with van der Waals surface area (Å²) in [5.41, 5.74) is 5.37. The molecular weight excluding hydrogens is 284 g/mol. The van der Waals surface area contributed by atoms with Crippen LogP contribution in [0.5, 0.6) is 0 Å². The number of rotatable bonds is 5. The molecule has 1 atom stereocenters. The molecule has 110 valence electrons. The lowest BCUT2D eigenvalue weighted by atomic mass is 10.0. The average Bonchev–Trinajstić information content (AvgIpc) is 2.47. The third-order valence-corrected chi connectivity index (χ3v) is 3.35. The molecule has 1 heterocycles. The van der Waals surface area contributed by atoms with Crippen molar-refractivity contribution in [3.8, 4) is 0 Å². The Morgan fingerprint density at radius 3 is 2.76 bits per heavy atom. The molecule has 0 spiro atoms. The maximum Gasteiger partial charge on any atom is 0.294 e. The fourth-order valence-corrected chi connectivity index (χ4v) is 2.21. The summed E-state index contributed by atoms with van der Waals surface area (Å²) in [5.74, 6) is 0. The number of aromatic amines is 1. The molecule has 0 aliphatic rings. The number of aryl methyl sites for hydroxylation is 1. The molecule has 0 bridgehead atoms. The third kappa shape index (κ3) is 3.66. The second kappa shape index (κ2) is 6.49. The molecule has 0 saturated carbocycles. The number of aromatic nitrogens is 3. The summed E-state index contributed by atoms with van der Waals surface area (Å²) in [4.78, 5) is 12.2. The van der Waals surface area contributed by atoms with Gasteiger partial charge in [0.05, 0.1) is 6.04 Å². The minimum Gasteiger partial charge on any atom is -0.313 e. The zero-order chi connectivity index (χ0) is 15.4. The molecule has 1 unspecified atom stereocenters. The first-order valence-electron chi connectivity index (χ1n) is 6.63. The summed E-state index contributed by atoms with van der Waals surface area (Å²) in [6, 6.07) is 9.81. The molecule has 21 heavy (non-hydrogen) atoms. The van der Waals surface area contributed by atoms with Gasteiger partial charge in [-0.05, 0) is 38.0 Å². The van der Waals surface area contributed by atoms with Crippen LogP contribution in [0.1, 0.15) is 30.6 Å². The lowest BCUT2D eigenvalue weighted by Crippen LogP contribution is -2.35. The highest BCUT2D eigenvalue weighted by Gasteiger charge is 2.13. The number of hydrogen-bond donors (Lipinski definition) is 2. The maximum absolute atomic E-state index is 12.2. The maximum atomic E-state index is 12.2.